The monoisotopic (exact) mass is 1040 g/mol. The summed E-state index contributed by atoms with van der Waals surface area (Å²) in [5, 5.41) is 29.0. The van der Waals surface area contributed by atoms with Crippen LogP contribution in [-0.4, -0.2) is 161 Å². The predicted octanol–water partition coefficient (Wildman–Crippen LogP) is 4.85. The quantitative estimate of drug-likeness (QED) is 0.161. The number of halogens is 2. The summed E-state index contributed by atoms with van der Waals surface area (Å²) in [6, 6.07) is 15.9. The van der Waals surface area contributed by atoms with Crippen molar-refractivity contribution >= 4 is 71.3 Å². The lowest BCUT2D eigenvalue weighted by molar-refractivity contribution is -0.160. The molecule has 2 aromatic carbocycles. The number of nitrogens with zero attached hydrogens (tertiary/aromatic N) is 10. The molecule has 7 heterocycles. The molecule has 4 atom stereocenters. The topological polar surface area (TPSA) is 250 Å². The van der Waals surface area contributed by atoms with Crippen molar-refractivity contribution in [2.75, 3.05) is 72.1 Å². The van der Waals surface area contributed by atoms with Gasteiger partial charge in [0.05, 0.1) is 50.8 Å². The fraction of sp³-hybridized carbons (Fsp3) is 0.412. The van der Waals surface area contributed by atoms with Crippen LogP contribution in [0.4, 0.5) is 41.4 Å². The number of pyridine rings is 2. The molecule has 9 rings (SSSR count). The molecule has 5 aliphatic heterocycles. The average Bonchev–Trinajstić information content (AvgIpc) is 4.11. The number of amides is 4. The fourth-order valence-corrected chi connectivity index (χ4v) is 8.53. The molecule has 2 aromatic heterocycles. The van der Waals surface area contributed by atoms with Crippen molar-refractivity contribution in [2.24, 2.45) is 10.2 Å². The van der Waals surface area contributed by atoms with E-state index in [9.17, 15) is 38.3 Å². The molecule has 396 valence electrons. The zero-order valence-corrected chi connectivity index (χ0v) is 41.6. The number of hydrazone groups is 2. The van der Waals surface area contributed by atoms with Crippen LogP contribution in [0.2, 0.25) is 0 Å². The van der Waals surface area contributed by atoms with Crippen LogP contribution in [0.15, 0.2) is 83.3 Å². The van der Waals surface area contributed by atoms with Crippen molar-refractivity contribution in [1.29, 1.82) is 0 Å². The number of aromatic nitrogens is 2. The van der Waals surface area contributed by atoms with Gasteiger partial charge in [0.2, 0.25) is 0 Å². The lowest BCUT2D eigenvalue weighted by Crippen LogP contribution is -2.45. The third-order valence-electron chi connectivity index (χ3n) is 12.6. The van der Waals surface area contributed by atoms with Crippen molar-refractivity contribution in [3.05, 3.63) is 84.7 Å². The molecule has 22 nitrogen and oxygen atoms in total. The first-order valence-corrected chi connectivity index (χ1v) is 24.2. The van der Waals surface area contributed by atoms with Crippen molar-refractivity contribution in [3.63, 3.8) is 0 Å². The molecule has 0 radical (unpaired) electrons. The van der Waals surface area contributed by atoms with Crippen LogP contribution in [0.3, 0.4) is 0 Å². The highest BCUT2D eigenvalue weighted by Gasteiger charge is 2.40. The fourth-order valence-electron chi connectivity index (χ4n) is 8.53. The highest BCUT2D eigenvalue weighted by atomic mass is 19.1. The van der Waals surface area contributed by atoms with E-state index in [4.69, 9.17) is 24.1 Å². The van der Waals surface area contributed by atoms with Gasteiger partial charge in [-0.1, -0.05) is 0 Å². The molecule has 4 amide bonds. The van der Waals surface area contributed by atoms with Gasteiger partial charge in [0, 0.05) is 60.6 Å². The van der Waals surface area contributed by atoms with Crippen LogP contribution in [0, 0.1) is 11.6 Å². The summed E-state index contributed by atoms with van der Waals surface area (Å²) in [4.78, 5) is 86.5. The molecular formula is C51H56F2N10O12. The molecule has 0 aliphatic carbocycles. The van der Waals surface area contributed by atoms with E-state index in [0.29, 0.717) is 90.6 Å². The Balaban J connectivity index is 0.000000200. The summed E-state index contributed by atoms with van der Waals surface area (Å²) >= 11 is 0. The van der Waals surface area contributed by atoms with E-state index in [1.165, 1.54) is 59.7 Å². The van der Waals surface area contributed by atoms with E-state index in [2.05, 4.69) is 20.2 Å². The number of aliphatic hydroxyl groups is 2. The number of benzene rings is 2. The average molecular weight is 1040 g/mol. The summed E-state index contributed by atoms with van der Waals surface area (Å²) in [6.45, 7) is 7.89. The maximum absolute atomic E-state index is 15.1. The predicted molar refractivity (Wildman–Crippen MR) is 267 cm³/mol. The first-order valence-electron chi connectivity index (χ1n) is 24.2. The Kier molecular flexibility index (Phi) is 16.5. The molecule has 3 fully saturated rings. The number of ether oxygens (including phenoxy) is 4. The second kappa shape index (κ2) is 23.2. The number of ketones is 2. The first kappa shape index (κ1) is 53.5. The number of anilines is 4. The number of carbonyl (C=O) groups is 6. The second-order valence-electron chi connectivity index (χ2n) is 18.6. The third-order valence-corrected chi connectivity index (χ3v) is 12.6. The van der Waals surface area contributed by atoms with Crippen LogP contribution >= 0.6 is 0 Å². The zero-order valence-electron chi connectivity index (χ0n) is 41.6. The number of carbonyl (C=O) groups excluding carboxylic acids is 6. The minimum absolute atomic E-state index is 0.0158. The highest BCUT2D eigenvalue weighted by Crippen LogP contribution is 2.33. The molecule has 0 spiro atoms. The van der Waals surface area contributed by atoms with E-state index in [1.54, 1.807) is 78.4 Å². The minimum Gasteiger partial charge on any atom is -0.444 e. The number of rotatable bonds is 15. The second-order valence-corrected chi connectivity index (χ2v) is 18.6. The molecule has 0 bridgehead atoms. The molecule has 2 N–H and O–H groups in total. The Hall–Kier alpha value is -7.80. The Morgan fingerprint density at radius 1 is 0.707 bits per heavy atom. The Morgan fingerprint density at radius 2 is 1.19 bits per heavy atom. The number of Topliss-reactive ketones (excluding diaryl/α,β-unsaturated/α-hetero) is 2. The van der Waals surface area contributed by atoms with Crippen LogP contribution in [0.25, 0.3) is 22.3 Å². The van der Waals surface area contributed by atoms with Crippen molar-refractivity contribution < 1.29 is 66.7 Å². The molecule has 4 aromatic rings. The molecule has 3 saturated heterocycles. The van der Waals surface area contributed by atoms with Crippen LogP contribution in [-0.2, 0) is 38.1 Å². The Morgan fingerprint density at radius 3 is 1.56 bits per heavy atom. The van der Waals surface area contributed by atoms with E-state index < -0.39 is 66.5 Å². The maximum atomic E-state index is 15.1. The van der Waals surface area contributed by atoms with Gasteiger partial charge in [0.25, 0.3) is 11.8 Å². The van der Waals surface area contributed by atoms with Crippen LogP contribution < -0.4 is 19.6 Å². The lowest BCUT2D eigenvalue weighted by Gasteiger charge is -2.29. The van der Waals surface area contributed by atoms with Gasteiger partial charge in [0.1, 0.15) is 59.7 Å². The largest absolute Gasteiger partial charge is 0.444 e. The first-order chi connectivity index (χ1) is 35.9. The van der Waals surface area contributed by atoms with Crippen LogP contribution in [0.1, 0.15) is 53.4 Å². The summed E-state index contributed by atoms with van der Waals surface area (Å²) < 4.78 is 51.7. The van der Waals surface area contributed by atoms with Crippen molar-refractivity contribution in [2.45, 2.75) is 83.6 Å². The zero-order chi connectivity index (χ0) is 53.6. The van der Waals surface area contributed by atoms with Gasteiger partial charge in [-0.25, -0.2) is 38.4 Å². The van der Waals surface area contributed by atoms with Crippen molar-refractivity contribution in [3.8, 4) is 22.3 Å². The number of hydrogen-bond donors (Lipinski definition) is 2. The Labute approximate surface area is 429 Å². The molecule has 24 heteroatoms. The summed E-state index contributed by atoms with van der Waals surface area (Å²) in [7, 11) is 0. The summed E-state index contributed by atoms with van der Waals surface area (Å²) in [5.41, 5.74) is 2.50. The van der Waals surface area contributed by atoms with Gasteiger partial charge in [-0.3, -0.25) is 19.4 Å². The Bertz CT molecular complexity index is 2860. The van der Waals surface area contributed by atoms with E-state index >= 15 is 4.39 Å². The maximum Gasteiger partial charge on any atom is 0.414 e. The molecule has 5 aliphatic rings. The summed E-state index contributed by atoms with van der Waals surface area (Å²) in [6.07, 6.45) is 3.34. The standard InChI is InChI=1S/C27H30FN5O6.C24H26FN5O6/c1-17(34)4-7-20-14-32(26(36)38-20)19-6-8-21(22(28)12-19)18-5-9-24(29-13-18)31-10-11-33(30-16-31)25(35)23-15-37-27(2,3)39-23;1-15(32)2-5-18-12-29(24(35)36-18)17-4-6-19(20(25)10-17)16-3-7-22(26-11-16)28-8-9-30(27-14-28)23(34)21(33)13-31/h5-6,8-9,12-13,16,20,23H,4,7,10-11,14-15H2,1-3H3;3-4,6-7,10-11,14,18,21,31,33H,2,5,8-9,12-13H2,1H3/t20-,23?;18-,21?/m00/s1. The number of aliphatic hydroxyl groups excluding tert-OH is 2. The highest BCUT2D eigenvalue weighted by molar-refractivity contribution is 5.92. The molecule has 0 saturated carbocycles. The van der Waals surface area contributed by atoms with E-state index in [1.807, 2.05) is 0 Å². The van der Waals surface area contributed by atoms with E-state index in [0.717, 1.165) is 5.01 Å². The van der Waals surface area contributed by atoms with Gasteiger partial charge < -0.3 is 48.5 Å². The van der Waals surface area contributed by atoms with Crippen molar-refractivity contribution in [1.82, 2.24) is 20.0 Å². The normalized spacial score (nSPS) is 20.5. The number of cyclic esters (lactones) is 2. The van der Waals surface area contributed by atoms with Gasteiger partial charge in [-0.2, -0.15) is 10.2 Å². The smallest absolute Gasteiger partial charge is 0.414 e. The van der Waals surface area contributed by atoms with Gasteiger partial charge in [0.15, 0.2) is 18.0 Å². The van der Waals surface area contributed by atoms with Gasteiger partial charge in [-0.05, 0) is 101 Å². The number of hydrogen-bond acceptors (Lipinski definition) is 18. The van der Waals surface area contributed by atoms with Crippen LogP contribution in [0.5, 0.6) is 0 Å². The molecule has 2 unspecified atom stereocenters. The van der Waals surface area contributed by atoms with Gasteiger partial charge >= 0.3 is 12.2 Å². The third kappa shape index (κ3) is 12.9. The van der Waals surface area contributed by atoms with Gasteiger partial charge in [-0.15, -0.1) is 0 Å². The molecular weight excluding hydrogens is 983 g/mol. The molecule has 75 heavy (non-hydrogen) atoms. The van der Waals surface area contributed by atoms with E-state index in [-0.39, 0.29) is 43.7 Å². The lowest BCUT2D eigenvalue weighted by atomic mass is 10.1. The minimum atomic E-state index is -1.52. The SMILES string of the molecule is CC(=O)CC[C@H]1CN(c2ccc(-c3ccc(N4C=NN(C(=O)C(O)CO)CC4)nc3)c(F)c2)C(=O)O1.CC(=O)CC[C@H]1CN(c2ccc(-c3ccc(N4C=NN(C(=O)C5COC(C)(C)O5)CC4)nc3)c(F)c2)C(=O)O1. The summed E-state index contributed by atoms with van der Waals surface area (Å²) in [5.74, 6) is -1.60.